The zero-order valence-corrected chi connectivity index (χ0v) is 10.3. The number of benzene rings is 1. The van der Waals surface area contributed by atoms with Crippen LogP contribution in [0.4, 0.5) is 8.78 Å². The highest BCUT2D eigenvalue weighted by Crippen LogP contribution is 2.36. The van der Waals surface area contributed by atoms with Crippen LogP contribution in [0.2, 0.25) is 0 Å². The second-order valence-corrected chi connectivity index (χ2v) is 5.09. The number of halogens is 2. The zero-order valence-electron chi connectivity index (χ0n) is 10.3. The summed E-state index contributed by atoms with van der Waals surface area (Å²) in [6, 6.07) is 4.19. The van der Waals surface area contributed by atoms with Crippen LogP contribution in [-0.4, -0.2) is 6.54 Å². The lowest BCUT2D eigenvalue weighted by Crippen LogP contribution is -2.26. The maximum atomic E-state index is 13.5. The maximum Gasteiger partial charge on any atom is 0.163 e. The van der Waals surface area contributed by atoms with Crippen molar-refractivity contribution in [1.82, 2.24) is 5.32 Å². The standard InChI is InChI=1S/C14H19F2N/c1-9(11-6-7-11)8-17-10(2)12-4-3-5-13(15)14(12)16/h3-5,9-11,17H,6-8H2,1-2H3. The third-order valence-electron chi connectivity index (χ3n) is 3.62. The average molecular weight is 239 g/mol. The van der Waals surface area contributed by atoms with Crippen molar-refractivity contribution in [3.05, 3.63) is 35.4 Å². The summed E-state index contributed by atoms with van der Waals surface area (Å²) in [5.74, 6) is -0.0564. The first kappa shape index (κ1) is 12.5. The highest BCUT2D eigenvalue weighted by atomic mass is 19.2. The molecule has 1 N–H and O–H groups in total. The molecule has 94 valence electrons. The van der Waals surface area contributed by atoms with E-state index in [1.807, 2.05) is 6.92 Å². The van der Waals surface area contributed by atoms with Gasteiger partial charge in [0.15, 0.2) is 11.6 Å². The Morgan fingerprint density at radius 2 is 2.00 bits per heavy atom. The van der Waals surface area contributed by atoms with Crippen LogP contribution >= 0.6 is 0 Å². The molecule has 2 rings (SSSR count). The van der Waals surface area contributed by atoms with Gasteiger partial charge in [0.25, 0.3) is 0 Å². The van der Waals surface area contributed by atoms with Gasteiger partial charge in [-0.2, -0.15) is 0 Å². The number of hydrogen-bond donors (Lipinski definition) is 1. The topological polar surface area (TPSA) is 12.0 Å². The first-order valence-electron chi connectivity index (χ1n) is 6.27. The van der Waals surface area contributed by atoms with Gasteiger partial charge in [0, 0.05) is 11.6 Å². The fraction of sp³-hybridized carbons (Fsp3) is 0.571. The van der Waals surface area contributed by atoms with Crippen molar-refractivity contribution in [3.63, 3.8) is 0 Å². The predicted octanol–water partition coefficient (Wildman–Crippen LogP) is 3.66. The summed E-state index contributed by atoms with van der Waals surface area (Å²) in [6.07, 6.45) is 2.62. The molecule has 3 heteroatoms. The quantitative estimate of drug-likeness (QED) is 0.826. The number of nitrogens with one attached hydrogen (secondary N) is 1. The lowest BCUT2D eigenvalue weighted by Gasteiger charge is -2.18. The Morgan fingerprint density at radius 3 is 2.65 bits per heavy atom. The van der Waals surface area contributed by atoms with E-state index in [4.69, 9.17) is 0 Å². The molecular formula is C14H19F2N. The highest BCUT2D eigenvalue weighted by Gasteiger charge is 2.28. The third-order valence-corrected chi connectivity index (χ3v) is 3.62. The molecule has 1 saturated carbocycles. The van der Waals surface area contributed by atoms with E-state index >= 15 is 0 Å². The minimum Gasteiger partial charge on any atom is -0.310 e. The van der Waals surface area contributed by atoms with Gasteiger partial charge >= 0.3 is 0 Å². The van der Waals surface area contributed by atoms with Crippen LogP contribution in [-0.2, 0) is 0 Å². The molecule has 2 unspecified atom stereocenters. The van der Waals surface area contributed by atoms with E-state index in [1.54, 1.807) is 12.1 Å². The molecule has 0 heterocycles. The van der Waals surface area contributed by atoms with Crippen molar-refractivity contribution < 1.29 is 8.78 Å². The van der Waals surface area contributed by atoms with Crippen LogP contribution in [0.25, 0.3) is 0 Å². The molecule has 17 heavy (non-hydrogen) atoms. The minimum atomic E-state index is -0.772. The predicted molar refractivity (Wildman–Crippen MR) is 64.7 cm³/mol. The molecule has 1 fully saturated rings. The number of hydrogen-bond acceptors (Lipinski definition) is 1. The molecule has 0 saturated heterocycles. The van der Waals surface area contributed by atoms with Crippen molar-refractivity contribution in [3.8, 4) is 0 Å². The monoisotopic (exact) mass is 239 g/mol. The Hall–Kier alpha value is -0.960. The molecule has 1 aromatic rings. The van der Waals surface area contributed by atoms with Gasteiger partial charge in [-0.3, -0.25) is 0 Å². The van der Waals surface area contributed by atoms with E-state index in [0.717, 1.165) is 18.5 Å². The van der Waals surface area contributed by atoms with E-state index in [-0.39, 0.29) is 6.04 Å². The van der Waals surface area contributed by atoms with Crippen LogP contribution in [0.3, 0.4) is 0 Å². The van der Waals surface area contributed by atoms with Gasteiger partial charge in [-0.1, -0.05) is 19.1 Å². The summed E-state index contributed by atoms with van der Waals surface area (Å²) in [5.41, 5.74) is 0.410. The van der Waals surface area contributed by atoms with Crippen molar-refractivity contribution in [2.75, 3.05) is 6.54 Å². The number of rotatable bonds is 5. The Morgan fingerprint density at radius 1 is 1.29 bits per heavy atom. The molecule has 0 aliphatic heterocycles. The molecule has 1 aliphatic carbocycles. The van der Waals surface area contributed by atoms with Crippen molar-refractivity contribution in [1.29, 1.82) is 0 Å². The lowest BCUT2D eigenvalue weighted by molar-refractivity contribution is 0.418. The lowest BCUT2D eigenvalue weighted by atomic mass is 10.0. The normalized spacial score (nSPS) is 19.1. The maximum absolute atomic E-state index is 13.5. The Labute approximate surface area is 101 Å². The second-order valence-electron chi connectivity index (χ2n) is 5.09. The van der Waals surface area contributed by atoms with Crippen molar-refractivity contribution in [2.45, 2.75) is 32.7 Å². The summed E-state index contributed by atoms with van der Waals surface area (Å²) < 4.78 is 26.6. The van der Waals surface area contributed by atoms with E-state index < -0.39 is 11.6 Å². The molecule has 2 atom stereocenters. The van der Waals surface area contributed by atoms with Gasteiger partial charge in [0.1, 0.15) is 0 Å². The SMILES string of the molecule is CC(NCC(C)C1CC1)c1cccc(F)c1F. The molecule has 0 bridgehead atoms. The van der Waals surface area contributed by atoms with Crippen molar-refractivity contribution >= 4 is 0 Å². The first-order valence-corrected chi connectivity index (χ1v) is 6.27. The van der Waals surface area contributed by atoms with Crippen LogP contribution in [0.15, 0.2) is 18.2 Å². The van der Waals surface area contributed by atoms with Gasteiger partial charge in [-0.15, -0.1) is 0 Å². The van der Waals surface area contributed by atoms with Gasteiger partial charge in [0.2, 0.25) is 0 Å². The smallest absolute Gasteiger partial charge is 0.163 e. The van der Waals surface area contributed by atoms with Crippen molar-refractivity contribution in [2.24, 2.45) is 11.8 Å². The summed E-state index contributed by atoms with van der Waals surface area (Å²) >= 11 is 0. The van der Waals surface area contributed by atoms with Crippen LogP contribution < -0.4 is 5.32 Å². The second kappa shape index (κ2) is 5.13. The minimum absolute atomic E-state index is 0.146. The molecule has 0 spiro atoms. The van der Waals surface area contributed by atoms with Gasteiger partial charge < -0.3 is 5.32 Å². The third kappa shape index (κ3) is 3.03. The van der Waals surface area contributed by atoms with Crippen LogP contribution in [0.5, 0.6) is 0 Å². The van der Waals surface area contributed by atoms with E-state index in [9.17, 15) is 8.78 Å². The highest BCUT2D eigenvalue weighted by molar-refractivity contribution is 5.21. The van der Waals surface area contributed by atoms with Gasteiger partial charge in [-0.25, -0.2) is 8.78 Å². The molecule has 0 radical (unpaired) electrons. The van der Waals surface area contributed by atoms with E-state index in [2.05, 4.69) is 12.2 Å². The zero-order chi connectivity index (χ0) is 12.4. The summed E-state index contributed by atoms with van der Waals surface area (Å²) in [7, 11) is 0. The van der Waals surface area contributed by atoms with Crippen LogP contribution in [0.1, 0.15) is 38.3 Å². The fourth-order valence-corrected chi connectivity index (χ4v) is 2.16. The Kier molecular flexibility index (Phi) is 3.77. The molecule has 1 aromatic carbocycles. The average Bonchev–Trinajstić information content (AvgIpc) is 3.13. The Balaban J connectivity index is 1.94. The summed E-state index contributed by atoms with van der Waals surface area (Å²) in [5, 5.41) is 3.28. The first-order chi connectivity index (χ1) is 8.09. The van der Waals surface area contributed by atoms with Crippen LogP contribution in [0, 0.1) is 23.5 Å². The van der Waals surface area contributed by atoms with E-state index in [0.29, 0.717) is 11.5 Å². The molecule has 1 aliphatic rings. The van der Waals surface area contributed by atoms with E-state index in [1.165, 1.54) is 12.8 Å². The van der Waals surface area contributed by atoms with Gasteiger partial charge in [-0.05, 0) is 44.2 Å². The largest absolute Gasteiger partial charge is 0.310 e. The Bertz CT molecular complexity index is 388. The molecule has 0 aromatic heterocycles. The molecule has 0 amide bonds. The fourth-order valence-electron chi connectivity index (χ4n) is 2.16. The summed E-state index contributed by atoms with van der Waals surface area (Å²) in [6.45, 7) is 4.94. The summed E-state index contributed by atoms with van der Waals surface area (Å²) in [4.78, 5) is 0. The van der Waals surface area contributed by atoms with Gasteiger partial charge in [0.05, 0.1) is 0 Å². The molecule has 1 nitrogen and oxygen atoms in total. The molecular weight excluding hydrogens is 220 g/mol.